The van der Waals surface area contributed by atoms with E-state index in [-0.39, 0.29) is 5.91 Å². The molecule has 2 heterocycles. The molecule has 28 heavy (non-hydrogen) atoms. The van der Waals surface area contributed by atoms with Crippen molar-refractivity contribution in [2.24, 2.45) is 0 Å². The molecule has 2 N–H and O–H groups in total. The van der Waals surface area contributed by atoms with Gasteiger partial charge in [0.25, 0.3) is 5.91 Å². The second-order valence-corrected chi connectivity index (χ2v) is 6.42. The summed E-state index contributed by atoms with van der Waals surface area (Å²) in [7, 11) is 0. The van der Waals surface area contributed by atoms with Crippen molar-refractivity contribution in [2.45, 2.75) is 13.3 Å². The lowest BCUT2D eigenvalue weighted by Crippen LogP contribution is -2.16. The Morgan fingerprint density at radius 3 is 2.50 bits per heavy atom. The molecule has 6 nitrogen and oxygen atoms in total. The number of carbonyl (C=O) groups is 1. The van der Waals surface area contributed by atoms with Crippen LogP contribution in [0.15, 0.2) is 60.8 Å². The zero-order chi connectivity index (χ0) is 19.3. The number of amides is 1. The van der Waals surface area contributed by atoms with E-state index in [1.54, 1.807) is 36.5 Å². The van der Waals surface area contributed by atoms with E-state index >= 15 is 0 Å². The molecule has 0 unspecified atom stereocenters. The first-order valence-electron chi connectivity index (χ1n) is 9.24. The molecule has 0 saturated heterocycles. The topological polar surface area (TPSA) is 72.5 Å². The largest absolute Gasteiger partial charge is 0.486 e. The van der Waals surface area contributed by atoms with Crippen molar-refractivity contribution in [3.63, 3.8) is 0 Å². The molecule has 0 atom stereocenters. The number of hydrogen-bond donors (Lipinski definition) is 2. The van der Waals surface area contributed by atoms with Crippen LogP contribution in [-0.4, -0.2) is 24.1 Å². The maximum atomic E-state index is 12.6. The standard InChI is InChI=1S/C22H21N3O3/c1-2-15-3-5-17(6-4-15)24-21-13-16(9-10-23-21)22(26)25-18-7-8-19-20(14-18)28-12-11-27-19/h3-10,13-14H,2,11-12H2,1H3,(H,23,24)(H,25,26). The van der Waals surface area contributed by atoms with Crippen molar-refractivity contribution in [1.82, 2.24) is 4.98 Å². The zero-order valence-corrected chi connectivity index (χ0v) is 15.6. The van der Waals surface area contributed by atoms with Gasteiger partial charge < -0.3 is 20.1 Å². The van der Waals surface area contributed by atoms with Gasteiger partial charge in [0, 0.05) is 29.2 Å². The van der Waals surface area contributed by atoms with Crippen molar-refractivity contribution in [3.8, 4) is 11.5 Å². The summed E-state index contributed by atoms with van der Waals surface area (Å²) >= 11 is 0. The van der Waals surface area contributed by atoms with Crippen LogP contribution in [0.3, 0.4) is 0 Å². The summed E-state index contributed by atoms with van der Waals surface area (Å²) in [5.41, 5.74) is 3.36. The molecule has 1 amide bonds. The van der Waals surface area contributed by atoms with Gasteiger partial charge in [-0.15, -0.1) is 0 Å². The Balaban J connectivity index is 1.46. The van der Waals surface area contributed by atoms with Crippen LogP contribution in [0.2, 0.25) is 0 Å². The number of aromatic nitrogens is 1. The molecule has 1 aliphatic heterocycles. The highest BCUT2D eigenvalue weighted by atomic mass is 16.6. The number of anilines is 3. The highest BCUT2D eigenvalue weighted by Gasteiger charge is 2.14. The second kappa shape index (κ2) is 8.00. The maximum Gasteiger partial charge on any atom is 0.255 e. The van der Waals surface area contributed by atoms with Crippen LogP contribution < -0.4 is 20.1 Å². The average Bonchev–Trinajstić information content (AvgIpc) is 2.74. The van der Waals surface area contributed by atoms with Crippen LogP contribution in [0.4, 0.5) is 17.2 Å². The Kier molecular flexibility index (Phi) is 5.10. The number of nitrogens with one attached hydrogen (secondary N) is 2. The SMILES string of the molecule is CCc1ccc(Nc2cc(C(=O)Nc3ccc4c(c3)OCCO4)ccn2)cc1. The fourth-order valence-corrected chi connectivity index (χ4v) is 2.94. The lowest BCUT2D eigenvalue weighted by atomic mass is 10.1. The summed E-state index contributed by atoms with van der Waals surface area (Å²) in [6, 6.07) is 16.9. The summed E-state index contributed by atoms with van der Waals surface area (Å²) < 4.78 is 11.1. The number of hydrogen-bond acceptors (Lipinski definition) is 5. The van der Waals surface area contributed by atoms with E-state index < -0.39 is 0 Å². The normalized spacial score (nSPS) is 12.3. The summed E-state index contributed by atoms with van der Waals surface area (Å²) in [4.78, 5) is 16.9. The van der Waals surface area contributed by atoms with Gasteiger partial charge in [-0.2, -0.15) is 0 Å². The van der Waals surface area contributed by atoms with Gasteiger partial charge in [-0.05, 0) is 48.4 Å². The van der Waals surface area contributed by atoms with Gasteiger partial charge in [-0.3, -0.25) is 4.79 Å². The van der Waals surface area contributed by atoms with Gasteiger partial charge in [0.1, 0.15) is 19.0 Å². The minimum atomic E-state index is -0.219. The Hall–Kier alpha value is -3.54. The molecule has 1 aliphatic rings. The second-order valence-electron chi connectivity index (χ2n) is 6.42. The van der Waals surface area contributed by atoms with E-state index in [4.69, 9.17) is 9.47 Å². The maximum absolute atomic E-state index is 12.6. The first-order valence-corrected chi connectivity index (χ1v) is 9.24. The molecule has 0 aliphatic carbocycles. The van der Waals surface area contributed by atoms with E-state index in [1.165, 1.54) is 5.56 Å². The quantitative estimate of drug-likeness (QED) is 0.691. The van der Waals surface area contributed by atoms with Gasteiger partial charge >= 0.3 is 0 Å². The number of fused-ring (bicyclic) bond motifs is 1. The monoisotopic (exact) mass is 375 g/mol. The third-order valence-electron chi connectivity index (χ3n) is 4.46. The van der Waals surface area contributed by atoms with E-state index in [0.29, 0.717) is 41.8 Å². The Morgan fingerprint density at radius 1 is 0.964 bits per heavy atom. The summed E-state index contributed by atoms with van der Waals surface area (Å²) in [5, 5.41) is 6.11. The fourth-order valence-electron chi connectivity index (χ4n) is 2.94. The summed E-state index contributed by atoms with van der Waals surface area (Å²) in [6.45, 7) is 3.16. The van der Waals surface area contributed by atoms with Crippen molar-refractivity contribution in [2.75, 3.05) is 23.8 Å². The average molecular weight is 375 g/mol. The van der Waals surface area contributed by atoms with Gasteiger partial charge in [0.2, 0.25) is 0 Å². The number of pyridine rings is 1. The van der Waals surface area contributed by atoms with Crippen LogP contribution in [0.5, 0.6) is 11.5 Å². The Morgan fingerprint density at radius 2 is 1.71 bits per heavy atom. The van der Waals surface area contributed by atoms with Gasteiger partial charge in [0.05, 0.1) is 0 Å². The first kappa shape index (κ1) is 17.9. The number of carbonyl (C=O) groups excluding carboxylic acids is 1. The van der Waals surface area contributed by atoms with Crippen molar-refractivity contribution in [3.05, 3.63) is 71.9 Å². The van der Waals surface area contributed by atoms with Crippen LogP contribution in [0, 0.1) is 0 Å². The van der Waals surface area contributed by atoms with Gasteiger partial charge in [-0.25, -0.2) is 4.98 Å². The fraction of sp³-hybridized carbons (Fsp3) is 0.182. The third-order valence-corrected chi connectivity index (χ3v) is 4.46. The molecular weight excluding hydrogens is 354 g/mol. The molecule has 3 aromatic rings. The lowest BCUT2D eigenvalue weighted by Gasteiger charge is -2.19. The van der Waals surface area contributed by atoms with E-state index in [1.807, 2.05) is 12.1 Å². The van der Waals surface area contributed by atoms with E-state index in [9.17, 15) is 4.79 Å². The number of benzene rings is 2. The molecule has 1 aromatic heterocycles. The number of nitrogens with zero attached hydrogens (tertiary/aromatic N) is 1. The zero-order valence-electron chi connectivity index (χ0n) is 15.6. The third kappa shape index (κ3) is 4.06. The lowest BCUT2D eigenvalue weighted by molar-refractivity contribution is 0.102. The van der Waals surface area contributed by atoms with Crippen LogP contribution in [0.1, 0.15) is 22.8 Å². The summed E-state index contributed by atoms with van der Waals surface area (Å²) in [5.74, 6) is 1.72. The molecule has 4 rings (SSSR count). The van der Waals surface area contributed by atoms with Crippen molar-refractivity contribution >= 4 is 23.1 Å². The van der Waals surface area contributed by atoms with Gasteiger partial charge in [-0.1, -0.05) is 19.1 Å². The minimum absolute atomic E-state index is 0.219. The van der Waals surface area contributed by atoms with Crippen molar-refractivity contribution in [1.29, 1.82) is 0 Å². The molecule has 0 bridgehead atoms. The predicted octanol–water partition coefficient (Wildman–Crippen LogP) is 4.41. The molecule has 142 valence electrons. The predicted molar refractivity (Wildman–Crippen MR) is 109 cm³/mol. The van der Waals surface area contributed by atoms with Crippen LogP contribution in [0.25, 0.3) is 0 Å². The van der Waals surface area contributed by atoms with Crippen molar-refractivity contribution < 1.29 is 14.3 Å². The minimum Gasteiger partial charge on any atom is -0.486 e. The smallest absolute Gasteiger partial charge is 0.255 e. The highest BCUT2D eigenvalue weighted by molar-refractivity contribution is 6.04. The van der Waals surface area contributed by atoms with E-state index in [2.05, 4.69) is 34.7 Å². The number of rotatable bonds is 5. The summed E-state index contributed by atoms with van der Waals surface area (Å²) in [6.07, 6.45) is 2.61. The molecule has 6 heteroatoms. The van der Waals surface area contributed by atoms with E-state index in [0.717, 1.165) is 12.1 Å². The first-order chi connectivity index (χ1) is 13.7. The molecular formula is C22H21N3O3. The Bertz CT molecular complexity index is 987. The molecule has 0 radical (unpaired) electrons. The Labute approximate surface area is 163 Å². The molecule has 2 aromatic carbocycles. The number of ether oxygens (including phenoxy) is 2. The molecule has 0 saturated carbocycles. The number of aryl methyl sites for hydroxylation is 1. The molecule has 0 fully saturated rings. The molecule has 0 spiro atoms. The van der Waals surface area contributed by atoms with Crippen LogP contribution in [-0.2, 0) is 6.42 Å². The highest BCUT2D eigenvalue weighted by Crippen LogP contribution is 2.32. The van der Waals surface area contributed by atoms with Crippen LogP contribution >= 0.6 is 0 Å². The van der Waals surface area contributed by atoms with Gasteiger partial charge in [0.15, 0.2) is 11.5 Å².